The number of rotatable bonds is 3. The van der Waals surface area contributed by atoms with Crippen molar-refractivity contribution in [2.75, 3.05) is 6.54 Å². The summed E-state index contributed by atoms with van der Waals surface area (Å²) in [5.74, 6) is 0.0453. The van der Waals surface area contributed by atoms with Crippen LogP contribution in [0.25, 0.3) is 0 Å². The molecule has 0 radical (unpaired) electrons. The number of ether oxygens (including phenoxy) is 1. The van der Waals surface area contributed by atoms with Gasteiger partial charge in [0.15, 0.2) is 5.12 Å². The summed E-state index contributed by atoms with van der Waals surface area (Å²) in [7, 11) is 0. The van der Waals surface area contributed by atoms with E-state index in [0.29, 0.717) is 13.0 Å². The highest BCUT2D eigenvalue weighted by Gasteiger charge is 2.44. The van der Waals surface area contributed by atoms with Crippen LogP contribution in [0, 0.1) is 5.92 Å². The van der Waals surface area contributed by atoms with Crippen LogP contribution in [0.1, 0.15) is 34.1 Å². The first-order chi connectivity index (χ1) is 8.24. The smallest absolute Gasteiger partial charge is 0.411 e. The van der Waals surface area contributed by atoms with Crippen molar-refractivity contribution in [3.05, 3.63) is 0 Å². The molecule has 5 nitrogen and oxygen atoms in total. The maximum Gasteiger partial charge on any atom is 0.411 e. The molecule has 1 aliphatic rings. The number of hydrogen-bond donors (Lipinski definition) is 0. The monoisotopic (exact) mass is 273 g/mol. The van der Waals surface area contributed by atoms with Gasteiger partial charge in [0.1, 0.15) is 11.9 Å². The van der Waals surface area contributed by atoms with Crippen LogP contribution in [-0.2, 0) is 14.3 Å². The first-order valence-electron chi connectivity index (χ1n) is 5.85. The van der Waals surface area contributed by atoms with Gasteiger partial charge in [-0.15, -0.1) is 0 Å². The molecule has 0 saturated carbocycles. The van der Waals surface area contributed by atoms with Gasteiger partial charge in [0, 0.05) is 25.8 Å². The minimum absolute atomic E-state index is 0.0453. The molecule has 1 saturated heterocycles. The summed E-state index contributed by atoms with van der Waals surface area (Å²) in [4.78, 5) is 35.0. The SMILES string of the molecule is CC(=O)SC1C(CC=O)CN1C(=O)OC(C)(C)C. The van der Waals surface area contributed by atoms with E-state index in [1.165, 1.54) is 11.8 Å². The van der Waals surface area contributed by atoms with E-state index in [-0.39, 0.29) is 16.4 Å². The zero-order valence-corrected chi connectivity index (χ0v) is 12.0. The lowest BCUT2D eigenvalue weighted by Crippen LogP contribution is -2.58. The molecule has 0 N–H and O–H groups in total. The lowest BCUT2D eigenvalue weighted by atomic mass is 9.97. The van der Waals surface area contributed by atoms with E-state index in [1.54, 1.807) is 20.8 Å². The van der Waals surface area contributed by atoms with Crippen LogP contribution < -0.4 is 0 Å². The Morgan fingerprint density at radius 2 is 2.06 bits per heavy atom. The number of nitrogens with zero attached hydrogens (tertiary/aromatic N) is 1. The lowest BCUT2D eigenvalue weighted by Gasteiger charge is -2.46. The number of carbonyl (C=O) groups is 3. The number of amides is 1. The Kier molecular flexibility index (Phi) is 4.78. The second kappa shape index (κ2) is 5.73. The number of aldehydes is 1. The van der Waals surface area contributed by atoms with Crippen LogP contribution >= 0.6 is 11.8 Å². The Balaban J connectivity index is 2.63. The summed E-state index contributed by atoms with van der Waals surface area (Å²) < 4.78 is 5.25. The predicted molar refractivity (Wildman–Crippen MR) is 69.2 cm³/mol. The third-order valence-corrected chi connectivity index (χ3v) is 3.67. The number of hydrogen-bond acceptors (Lipinski definition) is 5. The topological polar surface area (TPSA) is 63.7 Å². The molecule has 1 amide bonds. The van der Waals surface area contributed by atoms with Crippen molar-refractivity contribution in [1.29, 1.82) is 0 Å². The molecule has 2 unspecified atom stereocenters. The minimum atomic E-state index is -0.557. The molecule has 0 aliphatic carbocycles. The molecule has 0 aromatic heterocycles. The molecule has 2 atom stereocenters. The summed E-state index contributed by atoms with van der Waals surface area (Å²) in [5, 5.41) is -0.341. The highest BCUT2D eigenvalue weighted by molar-refractivity contribution is 8.14. The van der Waals surface area contributed by atoms with E-state index < -0.39 is 11.7 Å². The Hall–Kier alpha value is -1.04. The van der Waals surface area contributed by atoms with Crippen LogP contribution in [0.2, 0.25) is 0 Å². The average Bonchev–Trinajstić information content (AvgIpc) is 2.17. The summed E-state index contributed by atoms with van der Waals surface area (Å²) in [6.07, 6.45) is 0.762. The van der Waals surface area contributed by atoms with E-state index in [1.807, 2.05) is 0 Å². The Morgan fingerprint density at radius 1 is 1.44 bits per heavy atom. The van der Waals surface area contributed by atoms with Crippen LogP contribution in [0.15, 0.2) is 0 Å². The zero-order valence-electron chi connectivity index (χ0n) is 11.1. The third-order valence-electron chi connectivity index (χ3n) is 2.46. The summed E-state index contributed by atoms with van der Waals surface area (Å²) >= 11 is 1.08. The van der Waals surface area contributed by atoms with Gasteiger partial charge in [-0.25, -0.2) is 4.79 Å². The van der Waals surface area contributed by atoms with E-state index in [9.17, 15) is 14.4 Å². The van der Waals surface area contributed by atoms with Gasteiger partial charge in [-0.1, -0.05) is 11.8 Å². The maximum absolute atomic E-state index is 11.9. The van der Waals surface area contributed by atoms with E-state index >= 15 is 0 Å². The second-order valence-electron chi connectivity index (χ2n) is 5.30. The van der Waals surface area contributed by atoms with Crippen molar-refractivity contribution in [3.8, 4) is 0 Å². The molecule has 0 aromatic carbocycles. The first-order valence-corrected chi connectivity index (χ1v) is 6.73. The van der Waals surface area contributed by atoms with Crippen LogP contribution in [0.5, 0.6) is 0 Å². The molecule has 0 bridgehead atoms. The lowest BCUT2D eigenvalue weighted by molar-refractivity contribution is -0.111. The summed E-state index contributed by atoms with van der Waals surface area (Å²) in [6, 6.07) is 0. The van der Waals surface area contributed by atoms with Crippen molar-refractivity contribution in [3.63, 3.8) is 0 Å². The normalized spacial score (nSPS) is 23.2. The fourth-order valence-electron chi connectivity index (χ4n) is 1.71. The maximum atomic E-state index is 11.9. The van der Waals surface area contributed by atoms with Crippen molar-refractivity contribution in [2.45, 2.75) is 45.1 Å². The number of likely N-dealkylation sites (tertiary alicyclic amines) is 1. The standard InChI is InChI=1S/C12H19NO4S/c1-8(15)18-10-9(5-6-14)7-13(10)11(16)17-12(2,3)4/h6,9-10H,5,7H2,1-4H3. The van der Waals surface area contributed by atoms with Crippen molar-refractivity contribution in [1.82, 2.24) is 4.90 Å². The Morgan fingerprint density at radius 3 is 2.50 bits per heavy atom. The molecule has 1 fully saturated rings. The molecular weight excluding hydrogens is 254 g/mol. The molecule has 0 spiro atoms. The minimum Gasteiger partial charge on any atom is -0.444 e. The molecule has 1 rings (SSSR count). The molecule has 6 heteroatoms. The van der Waals surface area contributed by atoms with Gasteiger partial charge in [0.05, 0.1) is 5.37 Å². The van der Waals surface area contributed by atoms with Gasteiger partial charge in [0.2, 0.25) is 0 Å². The van der Waals surface area contributed by atoms with Gasteiger partial charge in [0.25, 0.3) is 0 Å². The fourth-order valence-corrected chi connectivity index (χ4v) is 2.74. The zero-order chi connectivity index (χ0) is 13.9. The van der Waals surface area contributed by atoms with E-state index in [4.69, 9.17) is 4.74 Å². The van der Waals surface area contributed by atoms with Crippen LogP contribution in [0.3, 0.4) is 0 Å². The molecular formula is C12H19NO4S. The van der Waals surface area contributed by atoms with Gasteiger partial charge in [-0.05, 0) is 20.8 Å². The summed E-state index contributed by atoms with van der Waals surface area (Å²) in [5.41, 5.74) is -0.557. The van der Waals surface area contributed by atoms with Crippen molar-refractivity contribution >= 4 is 29.3 Å². The fraction of sp³-hybridized carbons (Fsp3) is 0.750. The van der Waals surface area contributed by atoms with Crippen LogP contribution in [0.4, 0.5) is 4.79 Å². The molecule has 18 heavy (non-hydrogen) atoms. The Labute approximate surface area is 111 Å². The molecule has 102 valence electrons. The van der Waals surface area contributed by atoms with E-state index in [2.05, 4.69) is 0 Å². The molecule has 0 aromatic rings. The van der Waals surface area contributed by atoms with Crippen LogP contribution in [-0.4, -0.2) is 39.9 Å². The number of thioether (sulfide) groups is 1. The second-order valence-corrected chi connectivity index (χ2v) is 6.59. The van der Waals surface area contributed by atoms with Gasteiger partial charge >= 0.3 is 6.09 Å². The highest BCUT2D eigenvalue weighted by atomic mass is 32.2. The molecule has 1 heterocycles. The third kappa shape index (κ3) is 4.01. The van der Waals surface area contributed by atoms with Gasteiger partial charge < -0.3 is 9.53 Å². The number of carbonyl (C=O) groups excluding carboxylic acids is 3. The highest BCUT2D eigenvalue weighted by Crippen LogP contribution is 2.36. The first kappa shape index (κ1) is 15.0. The predicted octanol–water partition coefficient (Wildman–Crippen LogP) is 2.05. The van der Waals surface area contributed by atoms with E-state index in [0.717, 1.165) is 18.0 Å². The van der Waals surface area contributed by atoms with Crippen molar-refractivity contribution in [2.24, 2.45) is 5.92 Å². The Bertz CT molecular complexity index is 350. The van der Waals surface area contributed by atoms with Crippen molar-refractivity contribution < 1.29 is 19.1 Å². The quantitative estimate of drug-likeness (QED) is 0.736. The van der Waals surface area contributed by atoms with Gasteiger partial charge in [-0.2, -0.15) is 0 Å². The largest absolute Gasteiger partial charge is 0.444 e. The van der Waals surface area contributed by atoms with Gasteiger partial charge in [-0.3, -0.25) is 9.69 Å². The molecule has 1 aliphatic heterocycles. The summed E-state index contributed by atoms with van der Waals surface area (Å²) in [6.45, 7) is 7.30. The average molecular weight is 273 g/mol.